The summed E-state index contributed by atoms with van der Waals surface area (Å²) in [6.07, 6.45) is 24.1. The fourth-order valence-corrected chi connectivity index (χ4v) is 4.80. The highest BCUT2D eigenvalue weighted by Gasteiger charge is 2.27. The molecular weight excluding hydrogens is 527 g/mol. The number of phosphoric acid groups is 1. The van der Waals surface area contributed by atoms with Gasteiger partial charge in [0, 0.05) is 6.42 Å². The average molecular weight is 590 g/mol. The Morgan fingerprint density at radius 3 is 1.95 bits per heavy atom. The zero-order valence-corrected chi connectivity index (χ0v) is 27.2. The predicted octanol–water partition coefficient (Wildman–Crippen LogP) is 7.07. The molecule has 0 fully saturated rings. The van der Waals surface area contributed by atoms with Crippen molar-refractivity contribution >= 4 is 13.7 Å². The highest BCUT2D eigenvalue weighted by molar-refractivity contribution is 7.47. The molecule has 9 heteroatoms. The van der Waals surface area contributed by atoms with Crippen molar-refractivity contribution < 1.29 is 32.9 Å². The third kappa shape index (κ3) is 25.9. The summed E-state index contributed by atoms with van der Waals surface area (Å²) in [4.78, 5) is 22.7. The molecule has 236 valence electrons. The third-order valence-corrected chi connectivity index (χ3v) is 7.64. The number of nitrogens with zero attached hydrogens (tertiary/aromatic N) is 1. The Kier molecular flexibility index (Phi) is 23.9. The van der Waals surface area contributed by atoms with E-state index in [1.807, 2.05) is 27.2 Å². The summed E-state index contributed by atoms with van der Waals surface area (Å²) in [5.41, 5.74) is 0. The van der Waals surface area contributed by atoms with Gasteiger partial charge in [-0.1, -0.05) is 109 Å². The van der Waals surface area contributed by atoms with E-state index in [0.717, 1.165) is 44.9 Å². The lowest BCUT2D eigenvalue weighted by Crippen LogP contribution is -2.45. The van der Waals surface area contributed by atoms with Crippen LogP contribution in [0.4, 0.5) is 0 Å². The second-order valence-electron chi connectivity index (χ2n) is 11.8. The maximum Gasteiger partial charge on any atom is 0.472 e. The number of nitrogens with one attached hydrogen (secondary N) is 1. The number of phosphoric ester groups is 1. The lowest BCUT2D eigenvalue weighted by Gasteiger charge is -2.25. The van der Waals surface area contributed by atoms with Crippen molar-refractivity contribution in [3.8, 4) is 0 Å². The predicted molar refractivity (Wildman–Crippen MR) is 166 cm³/mol. The van der Waals surface area contributed by atoms with Gasteiger partial charge in [0.15, 0.2) is 0 Å². The monoisotopic (exact) mass is 589 g/mol. The summed E-state index contributed by atoms with van der Waals surface area (Å²) in [7, 11) is 1.55. The van der Waals surface area contributed by atoms with Gasteiger partial charge in [-0.15, -0.1) is 0 Å². The number of unbranched alkanes of at least 4 members (excludes halogenated alkanes) is 12. The van der Waals surface area contributed by atoms with Gasteiger partial charge in [-0.2, -0.15) is 0 Å². The van der Waals surface area contributed by atoms with Gasteiger partial charge in [0.05, 0.1) is 39.9 Å². The molecule has 0 radical (unpaired) electrons. The largest absolute Gasteiger partial charge is 0.472 e. The molecule has 1 amide bonds. The van der Waals surface area contributed by atoms with Crippen LogP contribution in [0.15, 0.2) is 24.3 Å². The summed E-state index contributed by atoms with van der Waals surface area (Å²) in [6.45, 7) is 4.63. The standard InChI is InChI=1S/C31H61N2O6P/c1-6-8-10-12-14-15-16-17-19-21-23-25-31(35)32-29(30(34)24-22-20-18-13-11-9-7-2)28-39-40(36,37)38-27-26-33(3,4)5/h11,13,22,24,29-30,34H,6-10,12,14-21,23,25-28H2,1-5H3,(H-,32,35,36,37)/p+1/b13-11+,24-22+. The zero-order valence-electron chi connectivity index (χ0n) is 26.3. The van der Waals surface area contributed by atoms with Crippen LogP contribution in [0.5, 0.6) is 0 Å². The Hall–Kier alpha value is -1.02. The fourth-order valence-electron chi connectivity index (χ4n) is 4.06. The molecule has 40 heavy (non-hydrogen) atoms. The number of allylic oxidation sites excluding steroid dienone is 3. The minimum absolute atomic E-state index is 0.0567. The Morgan fingerprint density at radius 1 is 0.825 bits per heavy atom. The van der Waals surface area contributed by atoms with Crippen LogP contribution in [0.25, 0.3) is 0 Å². The molecule has 0 spiro atoms. The number of quaternary nitrogens is 1. The molecule has 0 aromatic rings. The number of hydrogen-bond donors (Lipinski definition) is 3. The molecule has 0 aromatic carbocycles. The van der Waals surface area contributed by atoms with Gasteiger partial charge < -0.3 is 19.8 Å². The number of carbonyl (C=O) groups is 1. The van der Waals surface area contributed by atoms with Crippen molar-refractivity contribution in [2.24, 2.45) is 0 Å². The molecule has 0 saturated heterocycles. The molecule has 3 atom stereocenters. The average Bonchev–Trinajstić information content (AvgIpc) is 2.88. The lowest BCUT2D eigenvalue weighted by molar-refractivity contribution is -0.870. The molecule has 0 bridgehead atoms. The van der Waals surface area contributed by atoms with Crippen LogP contribution in [0.1, 0.15) is 117 Å². The van der Waals surface area contributed by atoms with Gasteiger partial charge in [0.25, 0.3) is 0 Å². The van der Waals surface area contributed by atoms with E-state index in [0.29, 0.717) is 17.4 Å². The summed E-state index contributed by atoms with van der Waals surface area (Å²) in [5, 5.41) is 13.5. The first-order valence-corrected chi connectivity index (χ1v) is 17.2. The van der Waals surface area contributed by atoms with Crippen molar-refractivity contribution in [1.29, 1.82) is 0 Å². The summed E-state index contributed by atoms with van der Waals surface area (Å²) in [6, 6.07) is -0.852. The van der Waals surface area contributed by atoms with Crippen LogP contribution in [-0.4, -0.2) is 73.4 Å². The van der Waals surface area contributed by atoms with Gasteiger partial charge in [-0.25, -0.2) is 4.57 Å². The normalized spacial score (nSPS) is 15.5. The Morgan fingerprint density at radius 2 is 1.38 bits per heavy atom. The molecule has 0 saturated carbocycles. The van der Waals surface area contributed by atoms with E-state index in [1.54, 1.807) is 6.08 Å². The van der Waals surface area contributed by atoms with Crippen molar-refractivity contribution in [2.45, 2.75) is 129 Å². The molecule has 0 aromatic heterocycles. The molecule has 0 rings (SSSR count). The van der Waals surface area contributed by atoms with E-state index in [4.69, 9.17) is 9.05 Å². The number of amides is 1. The van der Waals surface area contributed by atoms with E-state index in [-0.39, 0.29) is 19.1 Å². The number of rotatable bonds is 27. The van der Waals surface area contributed by atoms with Crippen LogP contribution in [-0.2, 0) is 18.4 Å². The van der Waals surface area contributed by atoms with Crippen molar-refractivity contribution in [2.75, 3.05) is 40.9 Å². The first-order chi connectivity index (χ1) is 19.0. The summed E-state index contributed by atoms with van der Waals surface area (Å²) < 4.78 is 23.2. The molecule has 3 unspecified atom stereocenters. The van der Waals surface area contributed by atoms with Crippen LogP contribution >= 0.6 is 7.82 Å². The SMILES string of the molecule is CCC/C=C/CC/C=C/C(O)C(COP(=O)(O)OCC[N+](C)(C)C)NC(=O)CCCCCCCCCCCCC. The molecule has 0 heterocycles. The Labute approximate surface area is 245 Å². The van der Waals surface area contributed by atoms with Gasteiger partial charge >= 0.3 is 7.82 Å². The van der Waals surface area contributed by atoms with E-state index < -0.39 is 20.0 Å². The van der Waals surface area contributed by atoms with Gasteiger partial charge in [-0.05, 0) is 25.7 Å². The van der Waals surface area contributed by atoms with Crippen molar-refractivity contribution in [3.05, 3.63) is 24.3 Å². The summed E-state index contributed by atoms with van der Waals surface area (Å²) in [5.74, 6) is -0.196. The van der Waals surface area contributed by atoms with Gasteiger partial charge in [0.2, 0.25) is 5.91 Å². The molecule has 0 aliphatic heterocycles. The quantitative estimate of drug-likeness (QED) is 0.0410. The topological polar surface area (TPSA) is 105 Å². The molecule has 0 aliphatic rings. The molecule has 0 aliphatic carbocycles. The number of aliphatic hydroxyl groups is 1. The number of carbonyl (C=O) groups excluding carboxylic acids is 1. The van der Waals surface area contributed by atoms with E-state index in [9.17, 15) is 19.4 Å². The van der Waals surface area contributed by atoms with E-state index in [1.165, 1.54) is 51.4 Å². The fraction of sp³-hybridized carbons (Fsp3) is 0.839. The van der Waals surface area contributed by atoms with Crippen LogP contribution in [0.2, 0.25) is 0 Å². The first kappa shape index (κ1) is 39.0. The maximum atomic E-state index is 12.6. The molecule has 8 nitrogen and oxygen atoms in total. The van der Waals surface area contributed by atoms with E-state index in [2.05, 4.69) is 31.3 Å². The second-order valence-corrected chi connectivity index (χ2v) is 13.3. The molecule has 3 N–H and O–H groups in total. The van der Waals surface area contributed by atoms with Crippen LogP contribution < -0.4 is 5.32 Å². The summed E-state index contributed by atoms with van der Waals surface area (Å²) >= 11 is 0. The number of aliphatic hydroxyl groups excluding tert-OH is 1. The maximum absolute atomic E-state index is 12.6. The molecular formula is C31H62N2O6P+. The van der Waals surface area contributed by atoms with Gasteiger partial charge in [0.1, 0.15) is 13.2 Å². The van der Waals surface area contributed by atoms with Crippen molar-refractivity contribution in [3.63, 3.8) is 0 Å². The number of likely N-dealkylation sites (N-methyl/N-ethyl adjacent to an activating group) is 1. The number of hydrogen-bond acceptors (Lipinski definition) is 5. The first-order valence-electron chi connectivity index (χ1n) is 15.7. The Balaban J connectivity index is 4.63. The van der Waals surface area contributed by atoms with Crippen LogP contribution in [0, 0.1) is 0 Å². The second kappa shape index (κ2) is 24.6. The van der Waals surface area contributed by atoms with Crippen molar-refractivity contribution in [1.82, 2.24) is 5.32 Å². The van der Waals surface area contributed by atoms with Gasteiger partial charge in [-0.3, -0.25) is 13.8 Å². The highest BCUT2D eigenvalue weighted by Crippen LogP contribution is 2.43. The van der Waals surface area contributed by atoms with Crippen LogP contribution in [0.3, 0.4) is 0 Å². The lowest BCUT2D eigenvalue weighted by atomic mass is 10.0. The zero-order chi connectivity index (χ0) is 30.1. The smallest absolute Gasteiger partial charge is 0.387 e. The van der Waals surface area contributed by atoms with E-state index >= 15 is 0 Å². The highest BCUT2D eigenvalue weighted by atomic mass is 31.2. The third-order valence-electron chi connectivity index (χ3n) is 6.66. The minimum atomic E-state index is -4.32. The Bertz CT molecular complexity index is 723. The minimum Gasteiger partial charge on any atom is -0.387 e.